The number of nitrogens with one attached hydrogen (secondary N) is 1. The van der Waals surface area contributed by atoms with E-state index < -0.39 is 0 Å². The number of aromatic nitrogens is 3. The molecule has 2 heterocycles. The highest BCUT2D eigenvalue weighted by atomic mass is 127. The molecule has 7 nitrogen and oxygen atoms in total. The van der Waals surface area contributed by atoms with Gasteiger partial charge < -0.3 is 10.1 Å². The van der Waals surface area contributed by atoms with Crippen LogP contribution in [0.5, 0.6) is 5.75 Å². The number of rotatable bonds is 7. The summed E-state index contributed by atoms with van der Waals surface area (Å²) in [6.07, 6.45) is 3.66. The second-order valence-electron chi connectivity index (χ2n) is 5.98. The number of aryl methyl sites for hydroxylation is 2. The molecule has 0 saturated heterocycles. The van der Waals surface area contributed by atoms with Gasteiger partial charge in [-0.15, -0.1) is 0 Å². The monoisotopic (exact) mass is 456 g/mol. The van der Waals surface area contributed by atoms with Gasteiger partial charge in [-0.1, -0.05) is 0 Å². The SMILES string of the molecule is O=C(COc1ccc(I)cc1)NCCCn1nc2n(c1=O)CCCC2. The quantitative estimate of drug-likeness (QED) is 0.507. The summed E-state index contributed by atoms with van der Waals surface area (Å²) in [5, 5.41) is 7.18. The average Bonchev–Trinajstić information content (AvgIpc) is 2.94. The van der Waals surface area contributed by atoms with Crippen LogP contribution < -0.4 is 15.7 Å². The zero-order chi connectivity index (χ0) is 17.6. The van der Waals surface area contributed by atoms with Crippen LogP contribution in [0.3, 0.4) is 0 Å². The number of fused-ring (bicyclic) bond motifs is 1. The summed E-state index contributed by atoms with van der Waals surface area (Å²) in [6, 6.07) is 7.52. The van der Waals surface area contributed by atoms with E-state index >= 15 is 0 Å². The van der Waals surface area contributed by atoms with Gasteiger partial charge in [-0.05, 0) is 66.1 Å². The van der Waals surface area contributed by atoms with Gasteiger partial charge in [0.25, 0.3) is 5.91 Å². The van der Waals surface area contributed by atoms with Gasteiger partial charge in [0, 0.05) is 29.6 Å². The Bertz CT molecular complexity index is 782. The van der Waals surface area contributed by atoms with E-state index in [-0.39, 0.29) is 18.2 Å². The molecule has 1 N–H and O–H groups in total. The third kappa shape index (κ3) is 4.83. The van der Waals surface area contributed by atoms with Gasteiger partial charge in [0.2, 0.25) is 0 Å². The van der Waals surface area contributed by atoms with E-state index in [1.807, 2.05) is 24.3 Å². The molecule has 0 spiro atoms. The fourth-order valence-corrected chi connectivity index (χ4v) is 3.14. The highest BCUT2D eigenvalue weighted by Gasteiger charge is 2.16. The normalized spacial score (nSPS) is 13.3. The summed E-state index contributed by atoms with van der Waals surface area (Å²) in [4.78, 5) is 24.0. The fourth-order valence-electron chi connectivity index (χ4n) is 2.78. The molecular weight excluding hydrogens is 435 g/mol. The Balaban J connectivity index is 1.38. The predicted molar refractivity (Wildman–Crippen MR) is 102 cm³/mol. The number of benzene rings is 1. The number of carbonyl (C=O) groups is 1. The maximum Gasteiger partial charge on any atom is 0.345 e. The van der Waals surface area contributed by atoms with Crippen molar-refractivity contribution in [3.8, 4) is 5.75 Å². The lowest BCUT2D eigenvalue weighted by molar-refractivity contribution is -0.123. The number of ether oxygens (including phenoxy) is 1. The second kappa shape index (κ2) is 8.50. The number of hydrogen-bond donors (Lipinski definition) is 1. The average molecular weight is 456 g/mol. The molecule has 0 saturated carbocycles. The Kier molecular flexibility index (Phi) is 6.11. The molecule has 0 radical (unpaired) electrons. The van der Waals surface area contributed by atoms with Gasteiger partial charge >= 0.3 is 5.69 Å². The van der Waals surface area contributed by atoms with Crippen molar-refractivity contribution in [2.75, 3.05) is 13.2 Å². The van der Waals surface area contributed by atoms with Crippen molar-refractivity contribution in [1.82, 2.24) is 19.7 Å². The number of amides is 1. The standard InChI is InChI=1S/C17H21IN4O3/c18-13-5-7-14(8-6-13)25-12-16(23)19-9-3-11-22-17(24)21-10-2-1-4-15(21)20-22/h5-8H,1-4,9-12H2,(H,19,23). The molecule has 0 fully saturated rings. The van der Waals surface area contributed by atoms with E-state index in [0.29, 0.717) is 25.3 Å². The molecule has 134 valence electrons. The number of halogens is 1. The van der Waals surface area contributed by atoms with E-state index in [1.54, 1.807) is 4.57 Å². The molecule has 1 amide bonds. The summed E-state index contributed by atoms with van der Waals surface area (Å²) in [7, 11) is 0. The largest absolute Gasteiger partial charge is 0.484 e. The summed E-state index contributed by atoms with van der Waals surface area (Å²) in [6.45, 7) is 1.75. The second-order valence-corrected chi connectivity index (χ2v) is 7.22. The first kappa shape index (κ1) is 18.0. The van der Waals surface area contributed by atoms with E-state index in [1.165, 1.54) is 4.68 Å². The zero-order valence-corrected chi connectivity index (χ0v) is 16.1. The molecule has 1 aliphatic rings. The van der Waals surface area contributed by atoms with Crippen LogP contribution in [0.2, 0.25) is 0 Å². The molecule has 1 aromatic heterocycles. The molecule has 25 heavy (non-hydrogen) atoms. The fraction of sp³-hybridized carbons (Fsp3) is 0.471. The zero-order valence-electron chi connectivity index (χ0n) is 13.9. The summed E-state index contributed by atoms with van der Waals surface area (Å²) in [5.41, 5.74) is -0.0388. The van der Waals surface area contributed by atoms with Crippen molar-refractivity contribution in [1.29, 1.82) is 0 Å². The van der Waals surface area contributed by atoms with Crippen LogP contribution >= 0.6 is 22.6 Å². The van der Waals surface area contributed by atoms with Crippen molar-refractivity contribution in [2.24, 2.45) is 0 Å². The highest BCUT2D eigenvalue weighted by Crippen LogP contribution is 2.13. The van der Waals surface area contributed by atoms with Gasteiger partial charge in [0.1, 0.15) is 11.6 Å². The molecule has 0 unspecified atom stereocenters. The lowest BCUT2D eigenvalue weighted by Gasteiger charge is -2.09. The first-order chi connectivity index (χ1) is 12.1. The van der Waals surface area contributed by atoms with E-state index in [4.69, 9.17) is 4.74 Å². The molecule has 8 heteroatoms. The third-order valence-electron chi connectivity index (χ3n) is 4.08. The Morgan fingerprint density at radius 1 is 1.28 bits per heavy atom. The van der Waals surface area contributed by atoms with Crippen LogP contribution in [0.1, 0.15) is 25.1 Å². The van der Waals surface area contributed by atoms with E-state index in [9.17, 15) is 9.59 Å². The summed E-state index contributed by atoms with van der Waals surface area (Å²) < 4.78 is 9.81. The molecule has 0 aliphatic carbocycles. The minimum atomic E-state index is -0.171. The van der Waals surface area contributed by atoms with Gasteiger partial charge in [0.15, 0.2) is 6.61 Å². The Morgan fingerprint density at radius 3 is 2.84 bits per heavy atom. The first-order valence-electron chi connectivity index (χ1n) is 8.45. The lowest BCUT2D eigenvalue weighted by Crippen LogP contribution is -2.31. The van der Waals surface area contributed by atoms with Gasteiger partial charge in [-0.2, -0.15) is 5.10 Å². The van der Waals surface area contributed by atoms with Crippen molar-refractivity contribution < 1.29 is 9.53 Å². The Hall–Kier alpha value is -1.84. The topological polar surface area (TPSA) is 78.2 Å². The highest BCUT2D eigenvalue weighted by molar-refractivity contribution is 14.1. The molecule has 1 aromatic carbocycles. The van der Waals surface area contributed by atoms with E-state index in [2.05, 4.69) is 33.0 Å². The van der Waals surface area contributed by atoms with E-state index in [0.717, 1.165) is 35.2 Å². The molecule has 2 aromatic rings. The van der Waals surface area contributed by atoms with Gasteiger partial charge in [-0.25, -0.2) is 9.48 Å². The molecule has 3 rings (SSSR count). The Morgan fingerprint density at radius 2 is 2.08 bits per heavy atom. The maximum atomic E-state index is 12.2. The minimum Gasteiger partial charge on any atom is -0.484 e. The predicted octanol–water partition coefficient (Wildman–Crippen LogP) is 1.57. The third-order valence-corrected chi connectivity index (χ3v) is 4.80. The van der Waals surface area contributed by atoms with Crippen LogP contribution in [0.4, 0.5) is 0 Å². The summed E-state index contributed by atoms with van der Waals surface area (Å²) in [5.74, 6) is 1.38. The molecule has 1 aliphatic heterocycles. The van der Waals surface area contributed by atoms with Gasteiger partial charge in [-0.3, -0.25) is 9.36 Å². The van der Waals surface area contributed by atoms with Crippen LogP contribution in [0.15, 0.2) is 29.1 Å². The number of carbonyl (C=O) groups excluding carboxylic acids is 1. The van der Waals surface area contributed by atoms with Crippen LogP contribution in [-0.2, 0) is 24.3 Å². The molecular formula is C17H21IN4O3. The van der Waals surface area contributed by atoms with Gasteiger partial charge in [0.05, 0.1) is 0 Å². The summed E-state index contributed by atoms with van der Waals surface area (Å²) >= 11 is 2.21. The first-order valence-corrected chi connectivity index (χ1v) is 9.53. The minimum absolute atomic E-state index is 0.0146. The maximum absolute atomic E-state index is 12.2. The van der Waals surface area contributed by atoms with Crippen LogP contribution in [0.25, 0.3) is 0 Å². The van der Waals surface area contributed by atoms with Crippen molar-refractivity contribution in [3.05, 3.63) is 44.1 Å². The van der Waals surface area contributed by atoms with Crippen molar-refractivity contribution in [3.63, 3.8) is 0 Å². The number of hydrogen-bond acceptors (Lipinski definition) is 4. The Labute approximate surface area is 159 Å². The number of nitrogens with zero attached hydrogens (tertiary/aromatic N) is 3. The van der Waals surface area contributed by atoms with Crippen LogP contribution in [-0.4, -0.2) is 33.4 Å². The molecule has 0 atom stereocenters. The smallest absolute Gasteiger partial charge is 0.345 e. The van der Waals surface area contributed by atoms with Crippen LogP contribution in [0, 0.1) is 3.57 Å². The van der Waals surface area contributed by atoms with Crippen molar-refractivity contribution >= 4 is 28.5 Å². The lowest BCUT2D eigenvalue weighted by atomic mass is 10.2. The molecule has 0 bridgehead atoms. The van der Waals surface area contributed by atoms with Crippen molar-refractivity contribution in [2.45, 2.75) is 38.8 Å².